The Kier molecular flexibility index (Phi) is 5.52. The molecule has 0 heteroatoms. The van der Waals surface area contributed by atoms with Crippen LogP contribution in [0.2, 0.25) is 0 Å². The maximum absolute atomic E-state index is 2.41. The molecule has 0 fully saturated rings. The first-order valence-electron chi connectivity index (χ1n) is 14.4. The zero-order valence-corrected chi connectivity index (χ0v) is 22.3. The second-order valence-corrected chi connectivity index (χ2v) is 11.2. The van der Waals surface area contributed by atoms with Crippen LogP contribution in [0.1, 0.15) is 11.1 Å². The van der Waals surface area contributed by atoms with Crippen molar-refractivity contribution in [2.24, 2.45) is 23.7 Å². The zero-order valence-electron chi connectivity index (χ0n) is 22.3. The van der Waals surface area contributed by atoms with E-state index in [1.807, 2.05) is 0 Å². The minimum Gasteiger partial charge on any atom is -0.0767 e. The Morgan fingerprint density at radius 1 is 0.425 bits per heavy atom. The van der Waals surface area contributed by atoms with Crippen molar-refractivity contribution in [3.05, 3.63) is 169 Å². The van der Waals surface area contributed by atoms with Gasteiger partial charge in [0.2, 0.25) is 0 Å². The van der Waals surface area contributed by atoms with Crippen molar-refractivity contribution in [2.45, 2.75) is 0 Å². The fourth-order valence-corrected chi connectivity index (χ4v) is 7.02. The summed E-state index contributed by atoms with van der Waals surface area (Å²) in [6.07, 6.45) is 31.9. The summed E-state index contributed by atoms with van der Waals surface area (Å²) >= 11 is 0. The highest BCUT2D eigenvalue weighted by Crippen LogP contribution is 2.46. The first-order chi connectivity index (χ1) is 19.8. The van der Waals surface area contributed by atoms with E-state index in [1.54, 1.807) is 0 Å². The molecule has 0 heterocycles. The predicted octanol–water partition coefficient (Wildman–Crippen LogP) is 10.3. The second-order valence-electron chi connectivity index (χ2n) is 11.2. The number of rotatable bonds is 3. The third-order valence-electron chi connectivity index (χ3n) is 8.97. The molecule has 4 aromatic carbocycles. The third-order valence-corrected chi connectivity index (χ3v) is 8.97. The fourth-order valence-electron chi connectivity index (χ4n) is 7.02. The molecule has 4 unspecified atom stereocenters. The summed E-state index contributed by atoms with van der Waals surface area (Å²) in [6.45, 7) is 0. The van der Waals surface area contributed by atoms with E-state index in [9.17, 15) is 0 Å². The Morgan fingerprint density at radius 3 is 1.68 bits per heavy atom. The van der Waals surface area contributed by atoms with Crippen LogP contribution in [0.3, 0.4) is 0 Å². The van der Waals surface area contributed by atoms with Crippen molar-refractivity contribution < 1.29 is 0 Å². The van der Waals surface area contributed by atoms with Crippen LogP contribution < -0.4 is 0 Å². The molecule has 4 aliphatic carbocycles. The molecule has 4 atom stereocenters. The SMILES string of the molecule is C1=CC2C=CC(c3ccc(-c4c5ccccc5c(C5=CC=CC6C=CC=CC56)c5ccccc45)cc3)=CC2C=C1. The fraction of sp³-hybridized carbons (Fsp3) is 0.100. The molecule has 0 amide bonds. The molecule has 4 aromatic rings. The molecule has 0 saturated heterocycles. The van der Waals surface area contributed by atoms with Gasteiger partial charge in [-0.3, -0.25) is 0 Å². The lowest BCUT2D eigenvalue weighted by atomic mass is 9.74. The molecule has 4 aliphatic rings. The first-order valence-corrected chi connectivity index (χ1v) is 14.4. The summed E-state index contributed by atoms with van der Waals surface area (Å²) in [6, 6.07) is 27.2. The van der Waals surface area contributed by atoms with Crippen LogP contribution in [0, 0.1) is 23.7 Å². The van der Waals surface area contributed by atoms with Crippen molar-refractivity contribution in [1.82, 2.24) is 0 Å². The largest absolute Gasteiger partial charge is 0.0767 e. The molecule has 0 saturated carbocycles. The molecular weight excluding hydrogens is 480 g/mol. The molecule has 0 radical (unpaired) electrons. The van der Waals surface area contributed by atoms with Gasteiger partial charge in [0, 0.05) is 23.7 Å². The summed E-state index contributed by atoms with van der Waals surface area (Å²) in [4.78, 5) is 0. The molecule has 0 aromatic heterocycles. The van der Waals surface area contributed by atoms with E-state index in [2.05, 4.69) is 158 Å². The van der Waals surface area contributed by atoms with E-state index >= 15 is 0 Å². The second kappa shape index (κ2) is 9.50. The van der Waals surface area contributed by atoms with Crippen molar-refractivity contribution in [3.8, 4) is 11.1 Å². The van der Waals surface area contributed by atoms with E-state index in [0.717, 1.165) is 0 Å². The quantitative estimate of drug-likeness (QED) is 0.241. The van der Waals surface area contributed by atoms with Crippen LogP contribution in [0.4, 0.5) is 0 Å². The lowest BCUT2D eigenvalue weighted by molar-refractivity contribution is 0.663. The van der Waals surface area contributed by atoms with Gasteiger partial charge in [-0.25, -0.2) is 0 Å². The minimum atomic E-state index is 0.359. The van der Waals surface area contributed by atoms with E-state index in [-0.39, 0.29) is 0 Å². The van der Waals surface area contributed by atoms with Crippen LogP contribution in [0.15, 0.2) is 158 Å². The van der Waals surface area contributed by atoms with Crippen LogP contribution in [-0.2, 0) is 0 Å². The van der Waals surface area contributed by atoms with Gasteiger partial charge >= 0.3 is 0 Å². The minimum absolute atomic E-state index is 0.359. The molecule has 0 spiro atoms. The highest BCUT2D eigenvalue weighted by molar-refractivity contribution is 6.19. The van der Waals surface area contributed by atoms with Crippen LogP contribution >= 0.6 is 0 Å². The van der Waals surface area contributed by atoms with Crippen molar-refractivity contribution in [1.29, 1.82) is 0 Å². The predicted molar refractivity (Wildman–Crippen MR) is 172 cm³/mol. The van der Waals surface area contributed by atoms with Gasteiger partial charge in [-0.1, -0.05) is 158 Å². The van der Waals surface area contributed by atoms with Crippen LogP contribution in [0.25, 0.3) is 43.8 Å². The Hall–Kier alpha value is -4.68. The van der Waals surface area contributed by atoms with Crippen molar-refractivity contribution in [3.63, 3.8) is 0 Å². The number of fused-ring (bicyclic) bond motifs is 4. The molecule has 40 heavy (non-hydrogen) atoms. The van der Waals surface area contributed by atoms with Crippen LogP contribution in [-0.4, -0.2) is 0 Å². The van der Waals surface area contributed by atoms with Gasteiger partial charge in [0.1, 0.15) is 0 Å². The van der Waals surface area contributed by atoms with E-state index in [0.29, 0.717) is 23.7 Å². The Labute approximate surface area is 236 Å². The highest BCUT2D eigenvalue weighted by Gasteiger charge is 2.27. The van der Waals surface area contributed by atoms with E-state index in [1.165, 1.54) is 54.9 Å². The molecule has 8 rings (SSSR count). The summed E-state index contributed by atoms with van der Waals surface area (Å²) in [7, 11) is 0. The topological polar surface area (TPSA) is 0 Å². The van der Waals surface area contributed by atoms with Crippen molar-refractivity contribution in [2.75, 3.05) is 0 Å². The highest BCUT2D eigenvalue weighted by atomic mass is 14.3. The smallest absolute Gasteiger partial charge is 0.0125 e. The van der Waals surface area contributed by atoms with E-state index in [4.69, 9.17) is 0 Å². The monoisotopic (exact) mass is 510 g/mol. The molecule has 0 N–H and O–H groups in total. The number of hydrogen-bond donors (Lipinski definition) is 0. The standard InChI is InChI=1S/C40H30/c1-2-12-31-26-32(25-22-27(31)10-1)28-20-23-30(24-21-28)39-35-15-5-7-17-37(35)40(38-18-8-6-16-36(38)39)34-19-9-13-29-11-3-4-14-33(29)34/h1-27,29,31,33H. The van der Waals surface area contributed by atoms with Crippen molar-refractivity contribution >= 4 is 32.7 Å². The Morgan fingerprint density at radius 2 is 0.975 bits per heavy atom. The third kappa shape index (κ3) is 3.75. The van der Waals surface area contributed by atoms with E-state index < -0.39 is 0 Å². The molecule has 0 nitrogen and oxygen atoms in total. The summed E-state index contributed by atoms with van der Waals surface area (Å²) in [5.74, 6) is 1.70. The van der Waals surface area contributed by atoms with Gasteiger partial charge in [-0.15, -0.1) is 0 Å². The van der Waals surface area contributed by atoms with Gasteiger partial charge in [-0.2, -0.15) is 0 Å². The molecule has 190 valence electrons. The Balaban J connectivity index is 1.29. The van der Waals surface area contributed by atoms with Gasteiger partial charge in [0.15, 0.2) is 0 Å². The van der Waals surface area contributed by atoms with Crippen LogP contribution in [0.5, 0.6) is 0 Å². The zero-order chi connectivity index (χ0) is 26.5. The Bertz CT molecular complexity index is 1840. The van der Waals surface area contributed by atoms with Gasteiger partial charge in [0.05, 0.1) is 0 Å². The summed E-state index contributed by atoms with van der Waals surface area (Å²) in [5.41, 5.74) is 7.93. The number of benzene rings is 4. The average molecular weight is 511 g/mol. The van der Waals surface area contributed by atoms with Gasteiger partial charge in [-0.05, 0) is 54.9 Å². The summed E-state index contributed by atoms with van der Waals surface area (Å²) < 4.78 is 0. The molecular formula is C40H30. The number of allylic oxidation sites excluding steroid dienone is 16. The summed E-state index contributed by atoms with van der Waals surface area (Å²) in [5, 5.41) is 5.27. The first kappa shape index (κ1) is 23.2. The molecule has 0 bridgehead atoms. The maximum atomic E-state index is 2.41. The maximum Gasteiger partial charge on any atom is 0.0125 e. The lowest BCUT2D eigenvalue weighted by Crippen LogP contribution is -2.15. The lowest BCUT2D eigenvalue weighted by Gasteiger charge is -2.29. The molecule has 0 aliphatic heterocycles. The number of hydrogen-bond acceptors (Lipinski definition) is 0. The normalized spacial score (nSPS) is 24.2. The van der Waals surface area contributed by atoms with Gasteiger partial charge in [0.25, 0.3) is 0 Å². The average Bonchev–Trinajstić information content (AvgIpc) is 3.03. The van der Waals surface area contributed by atoms with Gasteiger partial charge < -0.3 is 0 Å².